The van der Waals surface area contributed by atoms with E-state index in [1.807, 2.05) is 25.4 Å². The van der Waals surface area contributed by atoms with Crippen LogP contribution in [0.15, 0.2) is 67.0 Å². The zero-order valence-electron chi connectivity index (χ0n) is 20.5. The summed E-state index contributed by atoms with van der Waals surface area (Å²) in [4.78, 5) is 19.0. The summed E-state index contributed by atoms with van der Waals surface area (Å²) in [5.74, 6) is 3.08. The Hall–Kier alpha value is -3.88. The molecule has 2 aromatic carbocycles. The number of hydrogen-bond donors (Lipinski definition) is 1. The largest absolute Gasteiger partial charge is 0.439 e. The molecular weight excluding hydrogens is 481 g/mol. The van der Waals surface area contributed by atoms with Crippen molar-refractivity contribution in [3.8, 4) is 11.6 Å². The third-order valence-electron chi connectivity index (χ3n) is 6.37. The van der Waals surface area contributed by atoms with Crippen LogP contribution < -0.4 is 10.1 Å². The first-order chi connectivity index (χ1) is 17.8. The normalized spacial score (nSPS) is 14.1. The standard InChI is InChI=1S/C20H23N3O.C8H6F3NO/c1-23-12-10-16-14-17(7-8-18(16)23)24-20-9-11-21-19(22-20)13-15-5-3-2-4-6-15;9-8(10,11)6-2-1-3-7(4-6)12-5-13/h7-12,14-15H,2-6,13H2,1H3;1-5H,(H,12,13). The van der Waals surface area contributed by atoms with Gasteiger partial charge in [-0.15, -0.1) is 0 Å². The average Bonchev–Trinajstić information content (AvgIpc) is 3.25. The maximum absolute atomic E-state index is 12.1. The van der Waals surface area contributed by atoms with Crippen LogP contribution in [0.2, 0.25) is 0 Å². The predicted molar refractivity (Wildman–Crippen MR) is 136 cm³/mol. The van der Waals surface area contributed by atoms with E-state index in [0.717, 1.165) is 36.0 Å². The van der Waals surface area contributed by atoms with Crippen LogP contribution in [0.25, 0.3) is 10.9 Å². The number of nitrogens with one attached hydrogen (secondary N) is 1. The monoisotopic (exact) mass is 510 g/mol. The van der Waals surface area contributed by atoms with Crippen molar-refractivity contribution in [1.82, 2.24) is 14.5 Å². The summed E-state index contributed by atoms with van der Waals surface area (Å²) in [6, 6.07) is 14.5. The van der Waals surface area contributed by atoms with Gasteiger partial charge in [0.15, 0.2) is 0 Å². The molecule has 194 valence electrons. The van der Waals surface area contributed by atoms with Gasteiger partial charge in [0.1, 0.15) is 11.6 Å². The SMILES string of the molecule is Cn1ccc2cc(Oc3ccnc(CC4CCCCC4)n3)ccc21.O=CNc1cccc(C(F)(F)F)c1. The lowest BCUT2D eigenvalue weighted by Crippen LogP contribution is -2.11. The van der Waals surface area contributed by atoms with E-state index < -0.39 is 11.7 Å². The van der Waals surface area contributed by atoms with Gasteiger partial charge in [0, 0.05) is 48.5 Å². The summed E-state index contributed by atoms with van der Waals surface area (Å²) < 4.78 is 44.3. The van der Waals surface area contributed by atoms with Crippen molar-refractivity contribution in [3.05, 3.63) is 78.4 Å². The number of halogens is 3. The number of rotatable bonds is 6. The van der Waals surface area contributed by atoms with Gasteiger partial charge in [-0.2, -0.15) is 18.2 Å². The minimum atomic E-state index is -4.37. The fraction of sp³-hybridized carbons (Fsp3) is 0.321. The van der Waals surface area contributed by atoms with Gasteiger partial charge in [-0.1, -0.05) is 38.2 Å². The van der Waals surface area contributed by atoms with E-state index >= 15 is 0 Å². The number of fused-ring (bicyclic) bond motifs is 1. The summed E-state index contributed by atoms with van der Waals surface area (Å²) in [7, 11) is 2.05. The summed E-state index contributed by atoms with van der Waals surface area (Å²) >= 11 is 0. The number of benzene rings is 2. The Labute approximate surface area is 213 Å². The highest BCUT2D eigenvalue weighted by Gasteiger charge is 2.30. The molecule has 0 bridgehead atoms. The number of alkyl halides is 3. The topological polar surface area (TPSA) is 69.0 Å². The van der Waals surface area contributed by atoms with Crippen LogP contribution in [0.4, 0.5) is 18.9 Å². The molecule has 0 radical (unpaired) electrons. The van der Waals surface area contributed by atoms with E-state index in [2.05, 4.69) is 44.2 Å². The number of aromatic nitrogens is 3. The molecular formula is C28H29F3N4O2. The minimum Gasteiger partial charge on any atom is -0.439 e. The number of carbonyl (C=O) groups is 1. The second kappa shape index (κ2) is 11.9. The molecule has 0 saturated heterocycles. The van der Waals surface area contributed by atoms with Crippen LogP contribution in [0.1, 0.15) is 43.5 Å². The molecule has 1 saturated carbocycles. The van der Waals surface area contributed by atoms with E-state index in [0.29, 0.717) is 12.3 Å². The molecule has 1 amide bonds. The Morgan fingerprint density at radius 2 is 1.89 bits per heavy atom. The van der Waals surface area contributed by atoms with Gasteiger partial charge in [0.05, 0.1) is 5.56 Å². The molecule has 0 aliphatic heterocycles. The molecule has 37 heavy (non-hydrogen) atoms. The Kier molecular flexibility index (Phi) is 8.43. The first kappa shape index (κ1) is 26.2. The highest BCUT2D eigenvalue weighted by molar-refractivity contribution is 5.81. The molecule has 6 nitrogen and oxygen atoms in total. The third kappa shape index (κ3) is 7.31. The summed E-state index contributed by atoms with van der Waals surface area (Å²) in [6.45, 7) is 0. The van der Waals surface area contributed by atoms with Crippen molar-refractivity contribution in [1.29, 1.82) is 0 Å². The highest BCUT2D eigenvalue weighted by Crippen LogP contribution is 2.31. The third-order valence-corrected chi connectivity index (χ3v) is 6.37. The lowest BCUT2D eigenvalue weighted by Gasteiger charge is -2.20. The van der Waals surface area contributed by atoms with Gasteiger partial charge < -0.3 is 14.6 Å². The van der Waals surface area contributed by atoms with Crippen LogP contribution in [0.5, 0.6) is 11.6 Å². The van der Waals surface area contributed by atoms with E-state index in [-0.39, 0.29) is 5.69 Å². The van der Waals surface area contributed by atoms with E-state index in [4.69, 9.17) is 4.74 Å². The van der Waals surface area contributed by atoms with Crippen LogP contribution in [0, 0.1) is 5.92 Å². The van der Waals surface area contributed by atoms with Gasteiger partial charge >= 0.3 is 6.18 Å². The van der Waals surface area contributed by atoms with Crippen molar-refractivity contribution in [2.75, 3.05) is 5.32 Å². The summed E-state index contributed by atoms with van der Waals surface area (Å²) in [6.07, 6.45) is 7.46. The Morgan fingerprint density at radius 1 is 1.08 bits per heavy atom. The number of ether oxygens (including phenoxy) is 1. The number of carbonyl (C=O) groups excluding carboxylic acids is 1. The van der Waals surface area contributed by atoms with Gasteiger partial charge in [0.2, 0.25) is 12.3 Å². The number of nitrogens with zero attached hydrogens (tertiary/aromatic N) is 3. The fourth-order valence-corrected chi connectivity index (χ4v) is 4.48. The molecule has 9 heteroatoms. The first-order valence-electron chi connectivity index (χ1n) is 12.2. The molecule has 2 heterocycles. The number of anilines is 1. The summed E-state index contributed by atoms with van der Waals surface area (Å²) in [5, 5.41) is 3.31. The van der Waals surface area contributed by atoms with E-state index in [1.54, 1.807) is 0 Å². The lowest BCUT2D eigenvalue weighted by molar-refractivity contribution is -0.137. The Morgan fingerprint density at radius 3 is 2.65 bits per heavy atom. The molecule has 5 rings (SSSR count). The van der Waals surface area contributed by atoms with E-state index in [1.165, 1.54) is 55.1 Å². The molecule has 1 N–H and O–H groups in total. The van der Waals surface area contributed by atoms with Gasteiger partial charge in [-0.05, 0) is 48.4 Å². The highest BCUT2D eigenvalue weighted by atomic mass is 19.4. The van der Waals surface area contributed by atoms with Crippen molar-refractivity contribution < 1.29 is 22.7 Å². The molecule has 0 unspecified atom stereocenters. The van der Waals surface area contributed by atoms with Gasteiger partial charge in [0.25, 0.3) is 0 Å². The smallest absolute Gasteiger partial charge is 0.416 e. The predicted octanol–water partition coefficient (Wildman–Crippen LogP) is 7.16. The van der Waals surface area contributed by atoms with Crippen molar-refractivity contribution in [3.63, 3.8) is 0 Å². The van der Waals surface area contributed by atoms with Gasteiger partial charge in [-0.3, -0.25) is 4.79 Å². The number of amides is 1. The molecule has 2 aromatic heterocycles. The van der Waals surface area contributed by atoms with E-state index in [9.17, 15) is 18.0 Å². The molecule has 4 aromatic rings. The molecule has 1 aliphatic carbocycles. The minimum absolute atomic E-state index is 0.129. The Bertz CT molecular complexity index is 1330. The molecule has 0 atom stereocenters. The van der Waals surface area contributed by atoms with Crippen LogP contribution in [-0.2, 0) is 24.4 Å². The number of hydrogen-bond acceptors (Lipinski definition) is 4. The summed E-state index contributed by atoms with van der Waals surface area (Å²) in [5.41, 5.74) is 0.548. The average molecular weight is 511 g/mol. The van der Waals surface area contributed by atoms with Crippen LogP contribution in [0.3, 0.4) is 0 Å². The van der Waals surface area contributed by atoms with Crippen molar-refractivity contribution >= 4 is 23.0 Å². The quantitative estimate of drug-likeness (QED) is 0.280. The van der Waals surface area contributed by atoms with Crippen LogP contribution in [-0.4, -0.2) is 20.9 Å². The molecule has 1 aliphatic rings. The number of aryl methyl sites for hydroxylation is 1. The molecule has 0 spiro atoms. The van der Waals surface area contributed by atoms with Crippen molar-refractivity contribution in [2.24, 2.45) is 13.0 Å². The molecule has 1 fully saturated rings. The Balaban J connectivity index is 0.000000209. The van der Waals surface area contributed by atoms with Crippen LogP contribution >= 0.6 is 0 Å². The second-order valence-electron chi connectivity index (χ2n) is 9.11. The second-order valence-corrected chi connectivity index (χ2v) is 9.11. The van der Waals surface area contributed by atoms with Crippen molar-refractivity contribution in [2.45, 2.75) is 44.7 Å². The maximum Gasteiger partial charge on any atom is 0.416 e. The lowest BCUT2D eigenvalue weighted by atomic mass is 9.87. The first-order valence-corrected chi connectivity index (χ1v) is 12.2. The zero-order valence-corrected chi connectivity index (χ0v) is 20.5. The fourth-order valence-electron chi connectivity index (χ4n) is 4.48. The zero-order chi connectivity index (χ0) is 26.3. The maximum atomic E-state index is 12.1. The van der Waals surface area contributed by atoms with Gasteiger partial charge in [-0.25, -0.2) is 4.98 Å².